The summed E-state index contributed by atoms with van der Waals surface area (Å²) in [4.78, 5) is 17.0. The number of nitrogens with zero attached hydrogens (tertiary/aromatic N) is 1. The van der Waals surface area contributed by atoms with Crippen molar-refractivity contribution in [2.45, 2.75) is 6.92 Å². The summed E-state index contributed by atoms with van der Waals surface area (Å²) >= 11 is 3.39. The molecule has 0 unspecified atom stereocenters. The Morgan fingerprint density at radius 1 is 1.17 bits per heavy atom. The molecule has 5 heteroatoms. The topological polar surface area (TPSA) is 51.2 Å². The van der Waals surface area contributed by atoms with E-state index in [0.717, 1.165) is 26.8 Å². The molecular weight excluding hydrogens is 356 g/mol. The van der Waals surface area contributed by atoms with E-state index >= 15 is 0 Å². The van der Waals surface area contributed by atoms with Gasteiger partial charge in [-0.25, -0.2) is 0 Å². The molecule has 1 amide bonds. The second-order valence-corrected chi connectivity index (χ2v) is 6.06. The largest absolute Gasteiger partial charge is 0.497 e. The first kappa shape index (κ1) is 15.5. The van der Waals surface area contributed by atoms with Gasteiger partial charge in [-0.2, -0.15) is 0 Å². The number of anilines is 1. The van der Waals surface area contributed by atoms with Gasteiger partial charge in [0.1, 0.15) is 5.75 Å². The van der Waals surface area contributed by atoms with Gasteiger partial charge in [0, 0.05) is 21.6 Å². The number of aryl methyl sites for hydroxylation is 1. The van der Waals surface area contributed by atoms with Gasteiger partial charge in [-0.15, -0.1) is 0 Å². The number of nitrogens with one attached hydrogen (secondary N) is 1. The Morgan fingerprint density at radius 2 is 2.00 bits per heavy atom. The lowest BCUT2D eigenvalue weighted by Crippen LogP contribution is -2.14. The molecule has 0 aliphatic rings. The molecule has 3 aromatic rings. The highest BCUT2D eigenvalue weighted by atomic mass is 79.9. The summed E-state index contributed by atoms with van der Waals surface area (Å²) in [7, 11) is 1.62. The Kier molecular flexibility index (Phi) is 4.30. The molecule has 23 heavy (non-hydrogen) atoms. The van der Waals surface area contributed by atoms with Crippen LogP contribution in [0.5, 0.6) is 5.75 Å². The van der Waals surface area contributed by atoms with Crippen LogP contribution in [0.2, 0.25) is 0 Å². The second-order valence-electron chi connectivity index (χ2n) is 5.14. The van der Waals surface area contributed by atoms with Crippen LogP contribution in [-0.4, -0.2) is 18.0 Å². The van der Waals surface area contributed by atoms with Crippen LogP contribution in [-0.2, 0) is 0 Å². The third-order valence-corrected chi connectivity index (χ3v) is 4.04. The summed E-state index contributed by atoms with van der Waals surface area (Å²) in [6, 6.07) is 14.9. The quantitative estimate of drug-likeness (QED) is 0.734. The molecule has 116 valence electrons. The molecular formula is C18H15BrN2O2. The van der Waals surface area contributed by atoms with Gasteiger partial charge in [-0.3, -0.25) is 9.78 Å². The molecule has 0 aliphatic carbocycles. The number of halogens is 1. The van der Waals surface area contributed by atoms with Gasteiger partial charge in [0.2, 0.25) is 0 Å². The number of carbonyl (C=O) groups is 1. The van der Waals surface area contributed by atoms with Crippen molar-refractivity contribution in [3.8, 4) is 5.75 Å². The fourth-order valence-corrected chi connectivity index (χ4v) is 2.76. The molecule has 0 atom stereocenters. The second kappa shape index (κ2) is 6.38. The molecule has 1 aromatic heterocycles. The number of ether oxygens (including phenoxy) is 1. The van der Waals surface area contributed by atoms with Gasteiger partial charge in [-0.1, -0.05) is 22.0 Å². The Hall–Kier alpha value is -2.40. The maximum Gasteiger partial charge on any atom is 0.257 e. The smallest absolute Gasteiger partial charge is 0.257 e. The SMILES string of the molecule is COc1ccc2cc(C(=O)Nc3cccc(Br)c3)c(C)nc2c1. The Labute approximate surface area is 142 Å². The first-order chi connectivity index (χ1) is 11.1. The minimum Gasteiger partial charge on any atom is -0.497 e. The molecule has 4 nitrogen and oxygen atoms in total. The molecule has 0 spiro atoms. The minimum atomic E-state index is -0.175. The number of hydrogen-bond acceptors (Lipinski definition) is 3. The van der Waals surface area contributed by atoms with E-state index in [9.17, 15) is 4.79 Å². The zero-order chi connectivity index (χ0) is 16.4. The Balaban J connectivity index is 1.95. The first-order valence-electron chi connectivity index (χ1n) is 7.09. The van der Waals surface area contributed by atoms with Crippen molar-refractivity contribution in [1.82, 2.24) is 4.98 Å². The van der Waals surface area contributed by atoms with Crippen LogP contribution >= 0.6 is 15.9 Å². The third kappa shape index (κ3) is 3.35. The van der Waals surface area contributed by atoms with Crippen LogP contribution in [0, 0.1) is 6.92 Å². The van der Waals surface area contributed by atoms with Crippen LogP contribution in [0.3, 0.4) is 0 Å². The van der Waals surface area contributed by atoms with Crippen molar-refractivity contribution in [3.05, 3.63) is 64.3 Å². The number of methoxy groups -OCH3 is 1. The zero-order valence-corrected chi connectivity index (χ0v) is 14.3. The van der Waals surface area contributed by atoms with Crippen LogP contribution in [0.15, 0.2) is 53.0 Å². The number of hydrogen-bond donors (Lipinski definition) is 1. The summed E-state index contributed by atoms with van der Waals surface area (Å²) < 4.78 is 6.12. The average molecular weight is 371 g/mol. The van der Waals surface area contributed by atoms with E-state index in [-0.39, 0.29) is 5.91 Å². The standard InChI is InChI=1S/C18H15BrN2O2/c1-11-16(18(22)21-14-5-3-4-13(19)9-14)8-12-6-7-15(23-2)10-17(12)20-11/h3-10H,1-2H3,(H,21,22). The summed E-state index contributed by atoms with van der Waals surface area (Å²) in [6.07, 6.45) is 0. The van der Waals surface area contributed by atoms with E-state index < -0.39 is 0 Å². The molecule has 0 bridgehead atoms. The van der Waals surface area contributed by atoms with E-state index in [1.165, 1.54) is 0 Å². The molecule has 2 aromatic carbocycles. The Morgan fingerprint density at radius 3 is 2.74 bits per heavy atom. The molecule has 0 saturated carbocycles. The number of benzene rings is 2. The molecule has 1 N–H and O–H groups in total. The maximum atomic E-state index is 12.5. The molecule has 0 saturated heterocycles. The van der Waals surface area contributed by atoms with Gasteiger partial charge in [0.05, 0.1) is 23.9 Å². The lowest BCUT2D eigenvalue weighted by molar-refractivity contribution is 0.102. The predicted molar refractivity (Wildman–Crippen MR) is 95.1 cm³/mol. The fraction of sp³-hybridized carbons (Fsp3) is 0.111. The van der Waals surface area contributed by atoms with Gasteiger partial charge >= 0.3 is 0 Å². The number of amides is 1. The van der Waals surface area contributed by atoms with Crippen molar-refractivity contribution in [3.63, 3.8) is 0 Å². The van der Waals surface area contributed by atoms with Gasteiger partial charge < -0.3 is 10.1 Å². The highest BCUT2D eigenvalue weighted by molar-refractivity contribution is 9.10. The van der Waals surface area contributed by atoms with Gasteiger partial charge in [0.25, 0.3) is 5.91 Å². The summed E-state index contributed by atoms with van der Waals surface area (Å²) in [5.41, 5.74) is 2.78. The van der Waals surface area contributed by atoms with Crippen LogP contribution in [0.1, 0.15) is 16.1 Å². The van der Waals surface area contributed by atoms with Crippen LogP contribution < -0.4 is 10.1 Å². The van der Waals surface area contributed by atoms with Gasteiger partial charge in [-0.05, 0) is 43.3 Å². The van der Waals surface area contributed by atoms with Crippen LogP contribution in [0.4, 0.5) is 5.69 Å². The van der Waals surface area contributed by atoms with Crippen molar-refractivity contribution in [2.24, 2.45) is 0 Å². The van der Waals surface area contributed by atoms with E-state index in [4.69, 9.17) is 4.74 Å². The van der Waals surface area contributed by atoms with Gasteiger partial charge in [0.15, 0.2) is 0 Å². The normalized spacial score (nSPS) is 10.6. The molecule has 1 heterocycles. The molecule has 3 rings (SSSR count). The average Bonchev–Trinajstić information content (AvgIpc) is 2.53. The third-order valence-electron chi connectivity index (χ3n) is 3.54. The lowest BCUT2D eigenvalue weighted by Gasteiger charge is -2.10. The van der Waals surface area contributed by atoms with Crippen molar-refractivity contribution in [2.75, 3.05) is 12.4 Å². The van der Waals surface area contributed by atoms with Crippen molar-refractivity contribution >= 4 is 38.4 Å². The first-order valence-corrected chi connectivity index (χ1v) is 7.88. The highest BCUT2D eigenvalue weighted by Gasteiger charge is 2.12. The lowest BCUT2D eigenvalue weighted by atomic mass is 10.1. The number of aromatic nitrogens is 1. The van der Waals surface area contributed by atoms with E-state index in [2.05, 4.69) is 26.2 Å². The molecule has 0 fully saturated rings. The summed E-state index contributed by atoms with van der Waals surface area (Å²) in [5.74, 6) is 0.571. The molecule has 0 aliphatic heterocycles. The van der Waals surface area contributed by atoms with Crippen molar-refractivity contribution in [1.29, 1.82) is 0 Å². The zero-order valence-electron chi connectivity index (χ0n) is 12.8. The summed E-state index contributed by atoms with van der Waals surface area (Å²) in [5, 5.41) is 3.79. The maximum absolute atomic E-state index is 12.5. The Bertz CT molecular complexity index is 893. The number of carbonyl (C=O) groups excluding carboxylic acids is 1. The highest BCUT2D eigenvalue weighted by Crippen LogP contribution is 2.23. The van der Waals surface area contributed by atoms with Crippen LogP contribution in [0.25, 0.3) is 10.9 Å². The van der Waals surface area contributed by atoms with E-state index in [1.54, 1.807) is 7.11 Å². The summed E-state index contributed by atoms with van der Waals surface area (Å²) in [6.45, 7) is 1.83. The van der Waals surface area contributed by atoms with E-state index in [0.29, 0.717) is 11.3 Å². The monoisotopic (exact) mass is 370 g/mol. The number of rotatable bonds is 3. The van der Waals surface area contributed by atoms with Crippen molar-refractivity contribution < 1.29 is 9.53 Å². The minimum absolute atomic E-state index is 0.175. The number of pyridine rings is 1. The molecule has 0 radical (unpaired) electrons. The number of fused-ring (bicyclic) bond motifs is 1. The van der Waals surface area contributed by atoms with E-state index in [1.807, 2.05) is 55.5 Å². The fourth-order valence-electron chi connectivity index (χ4n) is 2.36. The predicted octanol–water partition coefficient (Wildman–Crippen LogP) is 4.57.